The van der Waals surface area contributed by atoms with E-state index in [1.165, 1.54) is 0 Å². The Bertz CT molecular complexity index is 349. The fraction of sp³-hybridized carbons (Fsp3) is 0.462. The zero-order chi connectivity index (χ0) is 12.7. The van der Waals surface area contributed by atoms with Crippen molar-refractivity contribution in [1.29, 1.82) is 0 Å². The van der Waals surface area contributed by atoms with Crippen LogP contribution in [0, 0.1) is 0 Å². The van der Waals surface area contributed by atoms with Crippen LogP contribution in [-0.2, 0) is 11.4 Å². The van der Waals surface area contributed by atoms with Crippen LogP contribution in [0.4, 0.5) is 5.69 Å². The van der Waals surface area contributed by atoms with E-state index < -0.39 is 0 Å². The summed E-state index contributed by atoms with van der Waals surface area (Å²) in [5, 5.41) is 14.8. The number of hydrogen-bond acceptors (Lipinski definition) is 3. The van der Waals surface area contributed by atoms with Crippen molar-refractivity contribution in [3.8, 4) is 0 Å². The summed E-state index contributed by atoms with van der Waals surface area (Å²) < 4.78 is 0. The first kappa shape index (κ1) is 13.7. The molecule has 0 saturated heterocycles. The number of aliphatic hydroxyl groups excluding tert-OH is 1. The third-order valence-corrected chi connectivity index (χ3v) is 2.64. The Morgan fingerprint density at radius 1 is 1.35 bits per heavy atom. The lowest BCUT2D eigenvalue weighted by atomic mass is 10.2. The van der Waals surface area contributed by atoms with Crippen molar-refractivity contribution in [2.45, 2.75) is 32.9 Å². The van der Waals surface area contributed by atoms with Crippen molar-refractivity contribution < 1.29 is 9.90 Å². The molecule has 17 heavy (non-hydrogen) atoms. The molecule has 3 N–H and O–H groups in total. The molecule has 0 aliphatic rings. The third kappa shape index (κ3) is 4.97. The molecular weight excluding hydrogens is 216 g/mol. The van der Waals surface area contributed by atoms with E-state index >= 15 is 0 Å². The summed E-state index contributed by atoms with van der Waals surface area (Å²) in [5.74, 6) is -0.0537. The molecule has 1 unspecified atom stereocenters. The average Bonchev–Trinajstić information content (AvgIpc) is 2.36. The van der Waals surface area contributed by atoms with E-state index in [-0.39, 0.29) is 12.5 Å². The highest BCUT2D eigenvalue weighted by Crippen LogP contribution is 2.09. The molecule has 1 aromatic carbocycles. The highest BCUT2D eigenvalue weighted by atomic mass is 16.3. The lowest BCUT2D eigenvalue weighted by Crippen LogP contribution is -2.33. The van der Waals surface area contributed by atoms with Gasteiger partial charge in [-0.2, -0.15) is 0 Å². The predicted octanol–water partition coefficient (Wildman–Crippen LogP) is 1.51. The van der Waals surface area contributed by atoms with Gasteiger partial charge < -0.3 is 15.7 Å². The number of carbonyl (C=O) groups is 1. The molecule has 4 nitrogen and oxygen atoms in total. The van der Waals surface area contributed by atoms with Gasteiger partial charge in [0.15, 0.2) is 0 Å². The molecule has 0 saturated carbocycles. The van der Waals surface area contributed by atoms with Crippen molar-refractivity contribution >= 4 is 11.6 Å². The topological polar surface area (TPSA) is 61.4 Å². The summed E-state index contributed by atoms with van der Waals surface area (Å²) in [6, 6.07) is 7.49. The molecule has 1 aromatic rings. The van der Waals surface area contributed by atoms with Gasteiger partial charge in [-0.3, -0.25) is 4.79 Å². The predicted molar refractivity (Wildman–Crippen MR) is 68.8 cm³/mol. The maximum atomic E-state index is 11.6. The Morgan fingerprint density at radius 3 is 2.53 bits per heavy atom. The molecule has 0 aromatic heterocycles. The normalized spacial score (nSPS) is 12.2. The minimum Gasteiger partial charge on any atom is -0.392 e. The number of aliphatic hydroxyl groups is 1. The zero-order valence-corrected chi connectivity index (χ0v) is 10.4. The van der Waals surface area contributed by atoms with E-state index in [0.29, 0.717) is 12.6 Å². The lowest BCUT2D eigenvalue weighted by Gasteiger charge is -2.11. The van der Waals surface area contributed by atoms with Gasteiger partial charge in [0, 0.05) is 11.7 Å². The van der Waals surface area contributed by atoms with Crippen LogP contribution in [0.25, 0.3) is 0 Å². The molecule has 0 fully saturated rings. The van der Waals surface area contributed by atoms with E-state index in [1.54, 1.807) is 24.3 Å². The Labute approximate surface area is 102 Å². The fourth-order valence-corrected chi connectivity index (χ4v) is 1.31. The summed E-state index contributed by atoms with van der Waals surface area (Å²) in [7, 11) is 0. The molecule has 1 atom stereocenters. The summed E-state index contributed by atoms with van der Waals surface area (Å²) in [5.41, 5.74) is 1.58. The second-order valence-corrected chi connectivity index (χ2v) is 4.09. The summed E-state index contributed by atoms with van der Waals surface area (Å²) in [6.45, 7) is 4.45. The van der Waals surface area contributed by atoms with Crippen molar-refractivity contribution in [3.05, 3.63) is 29.8 Å². The van der Waals surface area contributed by atoms with E-state index in [0.717, 1.165) is 17.7 Å². The lowest BCUT2D eigenvalue weighted by molar-refractivity contribution is -0.115. The van der Waals surface area contributed by atoms with Gasteiger partial charge in [0.2, 0.25) is 5.91 Å². The maximum Gasteiger partial charge on any atom is 0.238 e. The Hall–Kier alpha value is -1.39. The number of amides is 1. The molecule has 0 heterocycles. The first-order valence-electron chi connectivity index (χ1n) is 5.88. The zero-order valence-electron chi connectivity index (χ0n) is 10.4. The van der Waals surface area contributed by atoms with Crippen LogP contribution in [0.3, 0.4) is 0 Å². The standard InChI is InChI=1S/C13H20N2O2/c1-3-10(2)14-8-13(17)15-12-6-4-11(9-16)5-7-12/h4-7,10,14,16H,3,8-9H2,1-2H3,(H,15,17). The monoisotopic (exact) mass is 236 g/mol. The van der Waals surface area contributed by atoms with Gasteiger partial charge >= 0.3 is 0 Å². The van der Waals surface area contributed by atoms with Crippen LogP contribution in [0.15, 0.2) is 24.3 Å². The van der Waals surface area contributed by atoms with Crippen LogP contribution in [0.1, 0.15) is 25.8 Å². The minimum absolute atomic E-state index is 0.0177. The smallest absolute Gasteiger partial charge is 0.238 e. The number of carbonyl (C=O) groups excluding carboxylic acids is 1. The molecule has 1 rings (SSSR count). The number of nitrogens with one attached hydrogen (secondary N) is 2. The largest absolute Gasteiger partial charge is 0.392 e. The fourth-order valence-electron chi connectivity index (χ4n) is 1.31. The molecule has 0 bridgehead atoms. The summed E-state index contributed by atoms with van der Waals surface area (Å²) in [6.07, 6.45) is 0.998. The van der Waals surface area contributed by atoms with E-state index in [4.69, 9.17) is 5.11 Å². The van der Waals surface area contributed by atoms with Gasteiger partial charge in [0.05, 0.1) is 13.2 Å². The van der Waals surface area contributed by atoms with Gasteiger partial charge in [-0.05, 0) is 31.0 Å². The summed E-state index contributed by atoms with van der Waals surface area (Å²) >= 11 is 0. The van der Waals surface area contributed by atoms with Gasteiger partial charge in [-0.1, -0.05) is 19.1 Å². The van der Waals surface area contributed by atoms with Gasteiger partial charge in [0.1, 0.15) is 0 Å². The molecule has 0 radical (unpaired) electrons. The summed E-state index contributed by atoms with van der Waals surface area (Å²) in [4.78, 5) is 11.6. The van der Waals surface area contributed by atoms with Crippen molar-refractivity contribution in [2.75, 3.05) is 11.9 Å². The van der Waals surface area contributed by atoms with Crippen molar-refractivity contribution in [3.63, 3.8) is 0 Å². The highest BCUT2D eigenvalue weighted by Gasteiger charge is 2.04. The third-order valence-electron chi connectivity index (χ3n) is 2.64. The Kier molecular flexibility index (Phi) is 5.66. The SMILES string of the molecule is CCC(C)NCC(=O)Nc1ccc(CO)cc1. The van der Waals surface area contributed by atoms with Crippen LogP contribution < -0.4 is 10.6 Å². The van der Waals surface area contributed by atoms with Gasteiger partial charge in [-0.15, -0.1) is 0 Å². The highest BCUT2D eigenvalue weighted by molar-refractivity contribution is 5.92. The van der Waals surface area contributed by atoms with E-state index in [1.807, 2.05) is 6.92 Å². The molecule has 0 aliphatic heterocycles. The average molecular weight is 236 g/mol. The van der Waals surface area contributed by atoms with Crippen molar-refractivity contribution in [1.82, 2.24) is 5.32 Å². The number of rotatable bonds is 6. The molecule has 1 amide bonds. The Balaban J connectivity index is 2.39. The molecule has 0 aliphatic carbocycles. The second kappa shape index (κ2) is 7.04. The van der Waals surface area contributed by atoms with Crippen LogP contribution in [0.5, 0.6) is 0 Å². The Morgan fingerprint density at radius 2 is 2.00 bits per heavy atom. The quantitative estimate of drug-likeness (QED) is 0.701. The van der Waals surface area contributed by atoms with E-state index in [9.17, 15) is 4.79 Å². The van der Waals surface area contributed by atoms with Crippen LogP contribution >= 0.6 is 0 Å². The second-order valence-electron chi connectivity index (χ2n) is 4.09. The molecule has 94 valence electrons. The maximum absolute atomic E-state index is 11.6. The van der Waals surface area contributed by atoms with Crippen LogP contribution in [-0.4, -0.2) is 23.6 Å². The minimum atomic E-state index is -0.0537. The van der Waals surface area contributed by atoms with Crippen LogP contribution in [0.2, 0.25) is 0 Å². The number of anilines is 1. The van der Waals surface area contributed by atoms with Crippen molar-refractivity contribution in [2.24, 2.45) is 0 Å². The first-order chi connectivity index (χ1) is 8.15. The molecule has 0 spiro atoms. The molecular formula is C13H20N2O2. The number of hydrogen-bond donors (Lipinski definition) is 3. The van der Waals surface area contributed by atoms with E-state index in [2.05, 4.69) is 17.6 Å². The molecule has 4 heteroatoms. The number of benzene rings is 1. The van der Waals surface area contributed by atoms with Gasteiger partial charge in [0.25, 0.3) is 0 Å². The first-order valence-corrected chi connectivity index (χ1v) is 5.88. The van der Waals surface area contributed by atoms with Gasteiger partial charge in [-0.25, -0.2) is 0 Å².